The minimum atomic E-state index is -0.324. The van der Waals surface area contributed by atoms with Gasteiger partial charge in [-0.25, -0.2) is 0 Å². The highest BCUT2D eigenvalue weighted by Crippen LogP contribution is 2.31. The molecule has 160 valence electrons. The normalized spacial score (nSPS) is 14.8. The molecule has 4 rings (SSSR count). The molecule has 32 heavy (non-hydrogen) atoms. The summed E-state index contributed by atoms with van der Waals surface area (Å²) >= 11 is 0.923. The zero-order chi connectivity index (χ0) is 22.3. The molecule has 0 spiro atoms. The van der Waals surface area contributed by atoms with Crippen molar-refractivity contribution < 1.29 is 14.4 Å². The number of carbonyl (C=O) groups excluding carboxylic acids is 3. The number of thioether (sulfide) groups is 1. The van der Waals surface area contributed by atoms with Crippen molar-refractivity contribution in [1.29, 1.82) is 0 Å². The number of nitrogens with zero attached hydrogens (tertiary/aromatic N) is 1. The van der Waals surface area contributed by atoms with Gasteiger partial charge < -0.3 is 5.32 Å². The van der Waals surface area contributed by atoms with E-state index in [1.807, 2.05) is 84.9 Å². The molecule has 5 nitrogen and oxygen atoms in total. The highest BCUT2D eigenvalue weighted by Gasteiger charge is 2.34. The second-order valence-electron chi connectivity index (χ2n) is 7.33. The van der Waals surface area contributed by atoms with E-state index in [0.717, 1.165) is 34.0 Å². The first-order valence-corrected chi connectivity index (χ1v) is 11.1. The van der Waals surface area contributed by atoms with Crippen molar-refractivity contribution in [2.75, 3.05) is 13.1 Å². The van der Waals surface area contributed by atoms with Gasteiger partial charge in [0.25, 0.3) is 11.1 Å². The van der Waals surface area contributed by atoms with Gasteiger partial charge in [-0.15, -0.1) is 0 Å². The summed E-state index contributed by atoms with van der Waals surface area (Å²) in [6.07, 6.45) is 1.95. The summed E-state index contributed by atoms with van der Waals surface area (Å²) in [4.78, 5) is 38.6. The first-order valence-electron chi connectivity index (χ1n) is 10.3. The van der Waals surface area contributed by atoms with Crippen molar-refractivity contribution >= 4 is 34.9 Å². The molecule has 3 aromatic rings. The molecule has 0 saturated carbocycles. The Morgan fingerprint density at radius 2 is 1.47 bits per heavy atom. The molecule has 0 unspecified atom stereocenters. The summed E-state index contributed by atoms with van der Waals surface area (Å²) in [6.45, 7) is 0.368. The highest BCUT2D eigenvalue weighted by atomic mass is 32.2. The number of amides is 3. The lowest BCUT2D eigenvalue weighted by Crippen LogP contribution is -2.37. The fourth-order valence-electron chi connectivity index (χ4n) is 3.39. The standard InChI is InChI=1S/C26H22N2O3S/c29-24(18-20-11-13-22(14-12-20)21-9-5-2-6-10-21)27-15-16-28-25(30)23(32-26(28)31)17-19-7-3-1-4-8-19/h1-14,17H,15-16,18H2,(H,27,29). The van der Waals surface area contributed by atoms with Crippen LogP contribution in [0.1, 0.15) is 11.1 Å². The molecular weight excluding hydrogens is 420 g/mol. The second kappa shape index (κ2) is 10.1. The molecule has 6 heteroatoms. The van der Waals surface area contributed by atoms with E-state index in [0.29, 0.717) is 4.91 Å². The van der Waals surface area contributed by atoms with E-state index in [4.69, 9.17) is 0 Å². The zero-order valence-electron chi connectivity index (χ0n) is 17.4. The fourth-order valence-corrected chi connectivity index (χ4v) is 4.26. The monoisotopic (exact) mass is 442 g/mol. The van der Waals surface area contributed by atoms with Gasteiger partial charge in [0.1, 0.15) is 0 Å². The van der Waals surface area contributed by atoms with Crippen molar-refractivity contribution in [2.24, 2.45) is 0 Å². The first kappa shape index (κ1) is 21.6. The van der Waals surface area contributed by atoms with Crippen LogP contribution < -0.4 is 5.32 Å². The molecule has 1 aliphatic rings. The summed E-state index contributed by atoms with van der Waals surface area (Å²) in [5.41, 5.74) is 3.99. The Morgan fingerprint density at radius 3 is 2.16 bits per heavy atom. The lowest BCUT2D eigenvalue weighted by atomic mass is 10.0. The van der Waals surface area contributed by atoms with Gasteiger partial charge in [0.05, 0.1) is 11.3 Å². The third-order valence-electron chi connectivity index (χ3n) is 5.05. The Bertz CT molecular complexity index is 1140. The number of benzene rings is 3. The minimum Gasteiger partial charge on any atom is -0.354 e. The van der Waals surface area contributed by atoms with Gasteiger partial charge in [-0.3, -0.25) is 19.3 Å². The Hall–Kier alpha value is -3.64. The predicted molar refractivity (Wildman–Crippen MR) is 128 cm³/mol. The first-order chi connectivity index (χ1) is 15.6. The van der Waals surface area contributed by atoms with E-state index in [1.54, 1.807) is 6.08 Å². The maximum absolute atomic E-state index is 12.5. The molecule has 0 radical (unpaired) electrons. The third kappa shape index (κ3) is 5.34. The second-order valence-corrected chi connectivity index (χ2v) is 8.33. The minimum absolute atomic E-state index is 0.148. The highest BCUT2D eigenvalue weighted by molar-refractivity contribution is 8.18. The number of imide groups is 1. The van der Waals surface area contributed by atoms with Crippen LogP contribution in [0.25, 0.3) is 17.2 Å². The molecule has 0 aromatic heterocycles. The molecule has 0 atom stereocenters. The zero-order valence-corrected chi connectivity index (χ0v) is 18.2. The third-order valence-corrected chi connectivity index (χ3v) is 5.96. The topological polar surface area (TPSA) is 66.5 Å². The number of nitrogens with one attached hydrogen (secondary N) is 1. The van der Waals surface area contributed by atoms with Crippen LogP contribution in [0, 0.1) is 0 Å². The summed E-state index contributed by atoms with van der Waals surface area (Å²) in [6, 6.07) is 27.3. The van der Waals surface area contributed by atoms with Crippen LogP contribution in [-0.2, 0) is 16.0 Å². The van der Waals surface area contributed by atoms with E-state index >= 15 is 0 Å². The molecule has 0 bridgehead atoms. The van der Waals surface area contributed by atoms with Gasteiger partial charge in [-0.1, -0.05) is 84.9 Å². The van der Waals surface area contributed by atoms with Crippen molar-refractivity contribution in [3.63, 3.8) is 0 Å². The SMILES string of the molecule is O=C(Cc1ccc(-c2ccccc2)cc1)NCCN1C(=O)SC(=Cc2ccccc2)C1=O. The Kier molecular flexibility index (Phi) is 6.82. The van der Waals surface area contributed by atoms with E-state index in [9.17, 15) is 14.4 Å². The summed E-state index contributed by atoms with van der Waals surface area (Å²) in [7, 11) is 0. The van der Waals surface area contributed by atoms with Crippen LogP contribution >= 0.6 is 11.8 Å². The van der Waals surface area contributed by atoms with E-state index in [-0.39, 0.29) is 36.6 Å². The van der Waals surface area contributed by atoms with Gasteiger partial charge in [-0.05, 0) is 40.1 Å². The van der Waals surface area contributed by atoms with Crippen molar-refractivity contribution in [3.8, 4) is 11.1 Å². The number of rotatable bonds is 7. The maximum Gasteiger partial charge on any atom is 0.293 e. The van der Waals surface area contributed by atoms with Crippen LogP contribution in [-0.4, -0.2) is 35.0 Å². The van der Waals surface area contributed by atoms with Crippen LogP contribution in [0.4, 0.5) is 4.79 Å². The number of hydrogen-bond acceptors (Lipinski definition) is 4. The summed E-state index contributed by atoms with van der Waals surface area (Å²) < 4.78 is 0. The smallest absolute Gasteiger partial charge is 0.293 e. The molecular formula is C26H22N2O3S. The average Bonchev–Trinajstić information content (AvgIpc) is 3.08. The molecule has 1 fully saturated rings. The van der Waals surface area contributed by atoms with Gasteiger partial charge in [0, 0.05) is 13.1 Å². The van der Waals surface area contributed by atoms with Crippen molar-refractivity contribution in [2.45, 2.75) is 6.42 Å². The lowest BCUT2D eigenvalue weighted by Gasteiger charge is -2.13. The molecule has 0 aliphatic carbocycles. The van der Waals surface area contributed by atoms with Crippen molar-refractivity contribution in [1.82, 2.24) is 10.2 Å². The summed E-state index contributed by atoms with van der Waals surface area (Å²) in [5.74, 6) is -0.473. The number of hydrogen-bond donors (Lipinski definition) is 1. The average molecular weight is 443 g/mol. The Labute approximate surface area is 191 Å². The van der Waals surface area contributed by atoms with Crippen LogP contribution in [0.2, 0.25) is 0 Å². The van der Waals surface area contributed by atoms with Gasteiger partial charge in [0.15, 0.2) is 0 Å². The Morgan fingerprint density at radius 1 is 0.844 bits per heavy atom. The van der Waals surface area contributed by atoms with Crippen LogP contribution in [0.3, 0.4) is 0 Å². The molecule has 3 amide bonds. The van der Waals surface area contributed by atoms with Crippen molar-refractivity contribution in [3.05, 3.63) is 101 Å². The van der Waals surface area contributed by atoms with Gasteiger partial charge >= 0.3 is 0 Å². The van der Waals surface area contributed by atoms with Crippen LogP contribution in [0.5, 0.6) is 0 Å². The Balaban J connectivity index is 1.27. The van der Waals surface area contributed by atoms with Crippen LogP contribution in [0.15, 0.2) is 89.8 Å². The van der Waals surface area contributed by atoms with Gasteiger partial charge in [0.2, 0.25) is 5.91 Å². The van der Waals surface area contributed by atoms with E-state index in [2.05, 4.69) is 5.32 Å². The lowest BCUT2D eigenvalue weighted by molar-refractivity contribution is -0.124. The molecule has 1 saturated heterocycles. The predicted octanol–water partition coefficient (Wildman–Crippen LogP) is 4.75. The van der Waals surface area contributed by atoms with Gasteiger partial charge in [-0.2, -0.15) is 0 Å². The molecule has 1 aliphatic heterocycles. The summed E-state index contributed by atoms with van der Waals surface area (Å²) in [5, 5.41) is 2.48. The molecule has 1 heterocycles. The quantitative estimate of drug-likeness (QED) is 0.537. The van der Waals surface area contributed by atoms with E-state index in [1.165, 1.54) is 4.90 Å². The molecule has 1 N–H and O–H groups in total. The maximum atomic E-state index is 12.5. The number of carbonyl (C=O) groups is 3. The largest absolute Gasteiger partial charge is 0.354 e. The fraction of sp³-hybridized carbons (Fsp3) is 0.115. The van der Waals surface area contributed by atoms with E-state index < -0.39 is 0 Å². The molecule has 3 aromatic carbocycles.